The van der Waals surface area contributed by atoms with Gasteiger partial charge in [0, 0.05) is 22.9 Å². The molecule has 0 radical (unpaired) electrons. The topological polar surface area (TPSA) is 77.3 Å². The third kappa shape index (κ3) is 4.75. The van der Waals surface area contributed by atoms with E-state index in [0.717, 1.165) is 5.56 Å². The van der Waals surface area contributed by atoms with Crippen molar-refractivity contribution in [1.82, 2.24) is 10.2 Å². The van der Waals surface area contributed by atoms with E-state index in [0.29, 0.717) is 22.7 Å². The number of aryl methyl sites for hydroxylation is 1. The van der Waals surface area contributed by atoms with E-state index in [1.165, 1.54) is 24.6 Å². The quantitative estimate of drug-likeness (QED) is 0.654. The van der Waals surface area contributed by atoms with Crippen LogP contribution in [-0.4, -0.2) is 22.7 Å². The van der Waals surface area contributed by atoms with Crippen LogP contribution in [0.4, 0.5) is 14.5 Å². The average molecular weight is 371 g/mol. The maximum absolute atomic E-state index is 12.4. The van der Waals surface area contributed by atoms with Gasteiger partial charge < -0.3 is 14.5 Å². The fraction of sp³-hybridized carbons (Fsp3) is 0.105. The van der Waals surface area contributed by atoms with Gasteiger partial charge in [0.25, 0.3) is 0 Å². The van der Waals surface area contributed by atoms with Gasteiger partial charge in [-0.15, -0.1) is 10.2 Å². The highest BCUT2D eigenvalue weighted by Gasteiger charge is 2.10. The van der Waals surface area contributed by atoms with Crippen LogP contribution in [0.25, 0.3) is 17.5 Å². The zero-order valence-electron chi connectivity index (χ0n) is 14.2. The largest absolute Gasteiger partial charge is 0.434 e. The summed E-state index contributed by atoms with van der Waals surface area (Å²) >= 11 is 0. The smallest absolute Gasteiger partial charge is 0.387 e. The number of amides is 1. The van der Waals surface area contributed by atoms with Crippen LogP contribution in [0.2, 0.25) is 0 Å². The molecule has 0 saturated carbocycles. The van der Waals surface area contributed by atoms with E-state index in [1.807, 2.05) is 13.0 Å². The second-order valence-electron chi connectivity index (χ2n) is 5.51. The molecule has 1 N–H and O–H groups in total. The van der Waals surface area contributed by atoms with Crippen LogP contribution >= 0.6 is 0 Å². The SMILES string of the molecule is Cc1ccc(-c2nnco2)cc1NC(=O)C=Cc1ccccc1OC(F)F. The van der Waals surface area contributed by atoms with Gasteiger partial charge in [-0.3, -0.25) is 4.79 Å². The Labute approximate surface area is 153 Å². The van der Waals surface area contributed by atoms with Crippen LogP contribution in [-0.2, 0) is 4.79 Å². The molecule has 3 rings (SSSR count). The minimum Gasteiger partial charge on any atom is -0.434 e. The highest BCUT2D eigenvalue weighted by atomic mass is 19.3. The Morgan fingerprint density at radius 1 is 1.26 bits per heavy atom. The van der Waals surface area contributed by atoms with Crippen molar-refractivity contribution >= 4 is 17.7 Å². The summed E-state index contributed by atoms with van der Waals surface area (Å²) in [7, 11) is 0. The van der Waals surface area contributed by atoms with Gasteiger partial charge in [0.05, 0.1) is 0 Å². The van der Waals surface area contributed by atoms with Crippen LogP contribution in [0.15, 0.2) is 59.4 Å². The van der Waals surface area contributed by atoms with Crippen LogP contribution < -0.4 is 10.1 Å². The van der Waals surface area contributed by atoms with Gasteiger partial charge in [0.15, 0.2) is 0 Å². The molecule has 0 spiro atoms. The lowest BCUT2D eigenvalue weighted by Crippen LogP contribution is -2.09. The zero-order chi connectivity index (χ0) is 19.2. The lowest BCUT2D eigenvalue weighted by molar-refractivity contribution is -0.111. The number of para-hydroxylation sites is 1. The second-order valence-corrected chi connectivity index (χ2v) is 5.51. The number of nitrogens with one attached hydrogen (secondary N) is 1. The number of carbonyl (C=O) groups is 1. The molecule has 1 aromatic heterocycles. The van der Waals surface area contributed by atoms with Gasteiger partial charge in [-0.1, -0.05) is 24.3 Å². The summed E-state index contributed by atoms with van der Waals surface area (Å²) in [5.41, 5.74) is 2.43. The summed E-state index contributed by atoms with van der Waals surface area (Å²) in [5.74, 6) is -0.0992. The monoisotopic (exact) mass is 371 g/mol. The molecule has 1 amide bonds. The third-order valence-corrected chi connectivity index (χ3v) is 3.65. The van der Waals surface area contributed by atoms with Crippen molar-refractivity contribution in [2.75, 3.05) is 5.32 Å². The molecule has 27 heavy (non-hydrogen) atoms. The van der Waals surface area contributed by atoms with Gasteiger partial charge in [0.1, 0.15) is 5.75 Å². The van der Waals surface area contributed by atoms with Gasteiger partial charge in [0.2, 0.25) is 18.2 Å². The molecule has 8 heteroatoms. The molecule has 0 aliphatic rings. The molecule has 0 aliphatic heterocycles. The van der Waals surface area contributed by atoms with Crippen molar-refractivity contribution < 1.29 is 22.7 Å². The number of hydrogen-bond donors (Lipinski definition) is 1. The number of halogens is 2. The highest BCUT2D eigenvalue weighted by molar-refractivity contribution is 6.02. The summed E-state index contributed by atoms with van der Waals surface area (Å²) in [6.45, 7) is -1.11. The molecule has 0 bridgehead atoms. The Kier molecular flexibility index (Phi) is 5.55. The first kappa shape index (κ1) is 18.2. The number of ether oxygens (including phenoxy) is 1. The van der Waals surface area contributed by atoms with Gasteiger partial charge >= 0.3 is 6.61 Å². The minimum atomic E-state index is -2.94. The maximum Gasteiger partial charge on any atom is 0.387 e. The first-order valence-corrected chi connectivity index (χ1v) is 7.93. The number of hydrogen-bond acceptors (Lipinski definition) is 5. The molecule has 138 valence electrons. The Bertz CT molecular complexity index is 957. The summed E-state index contributed by atoms with van der Waals surface area (Å²) in [6, 6.07) is 11.5. The number of rotatable bonds is 6. The maximum atomic E-state index is 12.4. The first-order chi connectivity index (χ1) is 13.0. The van der Waals surface area contributed by atoms with Gasteiger partial charge in [-0.25, -0.2) is 0 Å². The van der Waals surface area contributed by atoms with Gasteiger partial charge in [-0.2, -0.15) is 8.78 Å². The molecule has 3 aromatic rings. The lowest BCUT2D eigenvalue weighted by Gasteiger charge is -2.09. The third-order valence-electron chi connectivity index (χ3n) is 3.65. The zero-order valence-corrected chi connectivity index (χ0v) is 14.2. The number of anilines is 1. The number of alkyl halides is 2. The molecule has 0 atom stereocenters. The standard InChI is InChI=1S/C19H15F2N3O3/c1-12-6-7-14(18-24-22-11-26-18)10-15(12)23-17(25)9-8-13-4-2-3-5-16(13)27-19(20)21/h2-11,19H,1H3,(H,23,25). The second kappa shape index (κ2) is 8.22. The Morgan fingerprint density at radius 3 is 2.81 bits per heavy atom. The molecule has 0 fully saturated rings. The first-order valence-electron chi connectivity index (χ1n) is 7.93. The summed E-state index contributed by atoms with van der Waals surface area (Å²) < 4.78 is 34.5. The molecule has 1 heterocycles. The van der Waals surface area contributed by atoms with Crippen LogP contribution in [0.1, 0.15) is 11.1 Å². The van der Waals surface area contributed by atoms with E-state index < -0.39 is 12.5 Å². The Hall–Kier alpha value is -3.55. The number of aromatic nitrogens is 2. The molecule has 2 aromatic carbocycles. The van der Waals surface area contributed by atoms with E-state index >= 15 is 0 Å². The van der Waals surface area contributed by atoms with Crippen molar-refractivity contribution in [3.8, 4) is 17.2 Å². The van der Waals surface area contributed by atoms with E-state index in [2.05, 4.69) is 20.3 Å². The summed E-state index contributed by atoms with van der Waals surface area (Å²) in [5, 5.41) is 10.2. The van der Waals surface area contributed by atoms with Crippen molar-refractivity contribution in [3.63, 3.8) is 0 Å². The van der Waals surface area contributed by atoms with Gasteiger partial charge in [-0.05, 0) is 36.8 Å². The number of carbonyl (C=O) groups excluding carboxylic acids is 1. The van der Waals surface area contributed by atoms with Crippen LogP contribution in [0.5, 0.6) is 5.75 Å². The molecule has 6 nitrogen and oxygen atoms in total. The van der Waals surface area contributed by atoms with Crippen molar-refractivity contribution in [2.45, 2.75) is 13.5 Å². The minimum absolute atomic E-state index is 0.00822. The van der Waals surface area contributed by atoms with E-state index in [1.54, 1.807) is 30.3 Å². The van der Waals surface area contributed by atoms with Crippen LogP contribution in [0.3, 0.4) is 0 Å². The summed E-state index contributed by atoms with van der Waals surface area (Å²) in [6.07, 6.45) is 3.87. The average Bonchev–Trinajstić information content (AvgIpc) is 3.17. The fourth-order valence-electron chi connectivity index (χ4n) is 2.35. The lowest BCUT2D eigenvalue weighted by atomic mass is 10.1. The Balaban J connectivity index is 1.75. The summed E-state index contributed by atoms with van der Waals surface area (Å²) in [4.78, 5) is 12.2. The van der Waals surface area contributed by atoms with E-state index in [4.69, 9.17) is 4.42 Å². The van der Waals surface area contributed by atoms with E-state index in [-0.39, 0.29) is 5.75 Å². The Morgan fingerprint density at radius 2 is 2.07 bits per heavy atom. The molecule has 0 saturated heterocycles. The fourth-order valence-corrected chi connectivity index (χ4v) is 2.35. The normalized spacial score (nSPS) is 11.1. The molecular weight excluding hydrogens is 356 g/mol. The predicted octanol–water partition coefficient (Wildman–Crippen LogP) is 4.30. The predicted molar refractivity (Wildman–Crippen MR) is 95.2 cm³/mol. The number of benzene rings is 2. The molecule has 0 aliphatic carbocycles. The van der Waals surface area contributed by atoms with E-state index in [9.17, 15) is 13.6 Å². The van der Waals surface area contributed by atoms with Crippen molar-refractivity contribution in [1.29, 1.82) is 0 Å². The molecular formula is C19H15F2N3O3. The van der Waals surface area contributed by atoms with Crippen LogP contribution in [0, 0.1) is 6.92 Å². The number of nitrogens with zero attached hydrogens (tertiary/aromatic N) is 2. The highest BCUT2D eigenvalue weighted by Crippen LogP contribution is 2.24. The van der Waals surface area contributed by atoms with Crippen molar-refractivity contribution in [3.05, 3.63) is 66.1 Å². The van der Waals surface area contributed by atoms with Crippen molar-refractivity contribution in [2.24, 2.45) is 0 Å². The molecule has 0 unspecified atom stereocenters.